The fourth-order valence-electron chi connectivity index (χ4n) is 2.66. The fraction of sp³-hybridized carbons (Fsp3) is 0.316. The summed E-state index contributed by atoms with van der Waals surface area (Å²) >= 11 is 0. The van der Waals surface area contributed by atoms with E-state index in [2.05, 4.69) is 17.3 Å². The van der Waals surface area contributed by atoms with Gasteiger partial charge in [0.15, 0.2) is 0 Å². The van der Waals surface area contributed by atoms with Gasteiger partial charge < -0.3 is 10.1 Å². The van der Waals surface area contributed by atoms with E-state index >= 15 is 0 Å². The summed E-state index contributed by atoms with van der Waals surface area (Å²) in [6.45, 7) is 4.80. The number of ether oxygens (including phenoxy) is 1. The zero-order valence-electron chi connectivity index (χ0n) is 14.9. The lowest BCUT2D eigenvalue weighted by Gasteiger charge is -2.09. The van der Waals surface area contributed by atoms with Gasteiger partial charge in [-0.15, -0.1) is 0 Å². The van der Waals surface area contributed by atoms with Crippen molar-refractivity contribution in [2.75, 3.05) is 6.61 Å². The van der Waals surface area contributed by atoms with Crippen LogP contribution in [0.3, 0.4) is 0 Å². The van der Waals surface area contributed by atoms with Crippen molar-refractivity contribution in [2.24, 2.45) is 0 Å². The highest BCUT2D eigenvalue weighted by atomic mass is 16.5. The third-order valence-corrected chi connectivity index (χ3v) is 4.00. The predicted molar refractivity (Wildman–Crippen MR) is 98.3 cm³/mol. The van der Waals surface area contributed by atoms with Crippen LogP contribution in [0.2, 0.25) is 0 Å². The van der Waals surface area contributed by atoms with Crippen LogP contribution >= 0.6 is 0 Å². The van der Waals surface area contributed by atoms with Gasteiger partial charge in [-0.05, 0) is 43.2 Å². The van der Waals surface area contributed by atoms with E-state index in [-0.39, 0.29) is 18.0 Å². The average molecular weight is 354 g/mol. The van der Waals surface area contributed by atoms with Crippen LogP contribution in [-0.4, -0.2) is 26.7 Å². The molecule has 0 aliphatic carbocycles. The van der Waals surface area contributed by atoms with Crippen molar-refractivity contribution >= 4 is 11.4 Å². The molecule has 0 fully saturated rings. The van der Waals surface area contributed by atoms with Crippen LogP contribution in [0.25, 0.3) is 5.52 Å². The Bertz CT molecular complexity index is 957. The Balaban J connectivity index is 1.61. The number of carbonyl (C=O) groups is 1. The Morgan fingerprint density at radius 1 is 1.23 bits per heavy atom. The standard InChI is InChI=1S/C19H22N4O3/c1-3-11-26-16-8-6-15(7-9-16)12-20-18(24)13-23-19(25)17-5-4-10-22(17)14(2)21-23/h4-10H,3,11-13H2,1-2H3,(H,20,24). The maximum absolute atomic E-state index is 12.4. The zero-order valence-corrected chi connectivity index (χ0v) is 14.9. The number of aryl methyl sites for hydroxylation is 1. The highest BCUT2D eigenvalue weighted by Gasteiger charge is 2.10. The lowest BCUT2D eigenvalue weighted by Crippen LogP contribution is -2.34. The van der Waals surface area contributed by atoms with Crippen LogP contribution in [0.5, 0.6) is 5.75 Å². The van der Waals surface area contributed by atoms with Crippen LogP contribution in [0.15, 0.2) is 47.4 Å². The van der Waals surface area contributed by atoms with Gasteiger partial charge in [-0.1, -0.05) is 19.1 Å². The molecule has 0 spiro atoms. The predicted octanol–water partition coefficient (Wildman–Crippen LogP) is 1.91. The molecule has 1 N–H and O–H groups in total. The minimum Gasteiger partial charge on any atom is -0.494 e. The van der Waals surface area contributed by atoms with E-state index in [4.69, 9.17) is 4.74 Å². The van der Waals surface area contributed by atoms with Gasteiger partial charge in [0.25, 0.3) is 5.56 Å². The van der Waals surface area contributed by atoms with Gasteiger partial charge in [0.05, 0.1) is 6.61 Å². The Hall–Kier alpha value is -3.09. The van der Waals surface area contributed by atoms with E-state index in [9.17, 15) is 9.59 Å². The molecule has 0 radical (unpaired) electrons. The number of carbonyl (C=O) groups excluding carboxylic acids is 1. The second kappa shape index (κ2) is 7.86. The topological polar surface area (TPSA) is 77.6 Å². The number of fused-ring (bicyclic) bond motifs is 1. The van der Waals surface area contributed by atoms with E-state index in [1.807, 2.05) is 24.3 Å². The number of nitrogens with zero attached hydrogens (tertiary/aromatic N) is 3. The summed E-state index contributed by atoms with van der Waals surface area (Å²) in [4.78, 5) is 24.6. The highest BCUT2D eigenvalue weighted by Crippen LogP contribution is 2.12. The second-order valence-electron chi connectivity index (χ2n) is 6.04. The lowest BCUT2D eigenvalue weighted by molar-refractivity contribution is -0.122. The minimum absolute atomic E-state index is 0.112. The maximum atomic E-state index is 12.4. The number of aromatic nitrogens is 3. The van der Waals surface area contributed by atoms with Crippen molar-refractivity contribution in [1.29, 1.82) is 0 Å². The van der Waals surface area contributed by atoms with Crippen LogP contribution in [-0.2, 0) is 17.9 Å². The molecule has 1 amide bonds. The first-order chi connectivity index (χ1) is 12.6. The fourth-order valence-corrected chi connectivity index (χ4v) is 2.66. The molecule has 1 aromatic carbocycles. The van der Waals surface area contributed by atoms with Gasteiger partial charge in [-0.25, -0.2) is 4.68 Å². The quantitative estimate of drug-likeness (QED) is 0.703. The third kappa shape index (κ3) is 3.93. The smallest absolute Gasteiger partial charge is 0.291 e. The molecule has 7 heteroatoms. The third-order valence-electron chi connectivity index (χ3n) is 4.00. The molecule has 3 rings (SSSR count). The van der Waals surface area contributed by atoms with E-state index in [1.165, 1.54) is 4.68 Å². The van der Waals surface area contributed by atoms with Crippen molar-refractivity contribution < 1.29 is 9.53 Å². The van der Waals surface area contributed by atoms with Crippen LogP contribution in [0, 0.1) is 6.92 Å². The van der Waals surface area contributed by atoms with E-state index in [1.54, 1.807) is 29.7 Å². The number of hydrogen-bond donors (Lipinski definition) is 1. The molecular weight excluding hydrogens is 332 g/mol. The second-order valence-corrected chi connectivity index (χ2v) is 6.04. The Morgan fingerprint density at radius 3 is 2.73 bits per heavy atom. The molecule has 0 unspecified atom stereocenters. The lowest BCUT2D eigenvalue weighted by atomic mass is 10.2. The zero-order chi connectivity index (χ0) is 18.5. The number of benzene rings is 1. The first-order valence-corrected chi connectivity index (χ1v) is 8.61. The van der Waals surface area contributed by atoms with E-state index in [0.29, 0.717) is 24.5 Å². The van der Waals surface area contributed by atoms with Gasteiger partial charge in [0.1, 0.15) is 23.6 Å². The summed E-state index contributed by atoms with van der Waals surface area (Å²) in [7, 11) is 0. The van der Waals surface area contributed by atoms with Crippen molar-refractivity contribution in [3.05, 3.63) is 64.3 Å². The van der Waals surface area contributed by atoms with Gasteiger partial charge >= 0.3 is 0 Å². The van der Waals surface area contributed by atoms with Gasteiger partial charge in [-0.2, -0.15) is 5.10 Å². The van der Waals surface area contributed by atoms with Crippen molar-refractivity contribution in [1.82, 2.24) is 19.5 Å². The van der Waals surface area contributed by atoms with Gasteiger partial charge in [0, 0.05) is 12.7 Å². The summed E-state index contributed by atoms with van der Waals surface area (Å²) in [6, 6.07) is 11.1. The monoisotopic (exact) mass is 354 g/mol. The minimum atomic E-state index is -0.284. The first-order valence-electron chi connectivity index (χ1n) is 8.61. The molecule has 0 atom stereocenters. The number of nitrogens with one attached hydrogen (secondary N) is 1. The highest BCUT2D eigenvalue weighted by molar-refractivity contribution is 5.75. The molecular formula is C19H22N4O3. The Morgan fingerprint density at radius 2 is 2.00 bits per heavy atom. The van der Waals surface area contributed by atoms with Crippen LogP contribution < -0.4 is 15.6 Å². The van der Waals surface area contributed by atoms with Gasteiger partial charge in [-0.3, -0.25) is 14.0 Å². The summed E-state index contributed by atoms with van der Waals surface area (Å²) in [5.74, 6) is 1.20. The molecule has 3 aromatic rings. The van der Waals surface area contributed by atoms with Crippen molar-refractivity contribution in [3.63, 3.8) is 0 Å². The van der Waals surface area contributed by atoms with E-state index < -0.39 is 0 Å². The molecule has 0 aliphatic heterocycles. The van der Waals surface area contributed by atoms with Gasteiger partial charge in [0.2, 0.25) is 5.91 Å². The molecule has 2 heterocycles. The number of rotatable bonds is 7. The molecule has 7 nitrogen and oxygen atoms in total. The Labute approximate surface area is 151 Å². The molecule has 26 heavy (non-hydrogen) atoms. The maximum Gasteiger partial charge on any atom is 0.291 e. The average Bonchev–Trinajstić information content (AvgIpc) is 3.14. The first kappa shape index (κ1) is 17.7. The van der Waals surface area contributed by atoms with Crippen LogP contribution in [0.1, 0.15) is 24.7 Å². The summed E-state index contributed by atoms with van der Waals surface area (Å²) in [5.41, 5.74) is 1.18. The normalized spacial score (nSPS) is 10.8. The summed E-state index contributed by atoms with van der Waals surface area (Å²) in [5, 5.41) is 7.01. The number of hydrogen-bond acceptors (Lipinski definition) is 4. The molecule has 0 saturated carbocycles. The summed E-state index contributed by atoms with van der Waals surface area (Å²) < 4.78 is 8.44. The molecule has 0 bridgehead atoms. The molecule has 2 aromatic heterocycles. The largest absolute Gasteiger partial charge is 0.494 e. The summed E-state index contributed by atoms with van der Waals surface area (Å²) in [6.07, 6.45) is 2.73. The number of amides is 1. The SMILES string of the molecule is CCCOc1ccc(CNC(=O)Cn2nc(C)n3cccc3c2=O)cc1. The molecule has 0 aliphatic rings. The molecule has 136 valence electrons. The van der Waals surface area contributed by atoms with Crippen molar-refractivity contribution in [2.45, 2.75) is 33.4 Å². The van der Waals surface area contributed by atoms with Crippen molar-refractivity contribution in [3.8, 4) is 5.75 Å². The Kier molecular flexibility index (Phi) is 5.36. The van der Waals surface area contributed by atoms with Crippen LogP contribution in [0.4, 0.5) is 0 Å². The van der Waals surface area contributed by atoms with E-state index in [0.717, 1.165) is 17.7 Å². The molecule has 0 saturated heterocycles.